The minimum Gasteiger partial charge on any atom is -0.508 e. The number of rotatable bonds is 1. The van der Waals surface area contributed by atoms with E-state index in [0.717, 1.165) is 5.56 Å². The van der Waals surface area contributed by atoms with E-state index in [1.54, 1.807) is 12.1 Å². The molecule has 0 amide bonds. The Kier molecular flexibility index (Phi) is 4.15. The van der Waals surface area contributed by atoms with Crippen molar-refractivity contribution in [2.45, 2.75) is 13.0 Å². The van der Waals surface area contributed by atoms with E-state index < -0.39 is 0 Å². The number of halogens is 1. The third kappa shape index (κ3) is 2.91. The van der Waals surface area contributed by atoms with E-state index in [1.165, 1.54) is 0 Å². The Morgan fingerprint density at radius 2 is 1.73 bits per heavy atom. The molecular formula is C8H12BrNO. The molecular weight excluding hydrogens is 206 g/mol. The lowest BCUT2D eigenvalue weighted by Crippen LogP contribution is -2.03. The molecule has 1 rings (SSSR count). The van der Waals surface area contributed by atoms with Crippen molar-refractivity contribution in [3.05, 3.63) is 29.8 Å². The van der Waals surface area contributed by atoms with Crippen LogP contribution in [0, 0.1) is 0 Å². The van der Waals surface area contributed by atoms with E-state index in [0.29, 0.717) is 0 Å². The van der Waals surface area contributed by atoms with Crippen LogP contribution >= 0.6 is 17.0 Å². The largest absolute Gasteiger partial charge is 0.508 e. The second-order valence-corrected chi connectivity index (χ2v) is 2.38. The molecule has 2 nitrogen and oxygen atoms in total. The first-order chi connectivity index (χ1) is 4.70. The van der Waals surface area contributed by atoms with Gasteiger partial charge in [-0.2, -0.15) is 0 Å². The zero-order chi connectivity index (χ0) is 7.56. The van der Waals surface area contributed by atoms with Crippen LogP contribution in [0.2, 0.25) is 0 Å². The first kappa shape index (κ1) is 10.5. The van der Waals surface area contributed by atoms with Gasteiger partial charge in [-0.1, -0.05) is 12.1 Å². The minimum absolute atomic E-state index is 0. The van der Waals surface area contributed by atoms with Crippen LogP contribution in [0.5, 0.6) is 5.75 Å². The van der Waals surface area contributed by atoms with E-state index >= 15 is 0 Å². The number of nitrogens with two attached hydrogens (primary N) is 1. The molecule has 11 heavy (non-hydrogen) atoms. The second-order valence-electron chi connectivity index (χ2n) is 2.38. The summed E-state index contributed by atoms with van der Waals surface area (Å²) in [4.78, 5) is 0. The van der Waals surface area contributed by atoms with Crippen LogP contribution in [0.3, 0.4) is 0 Å². The normalized spacial score (nSPS) is 11.8. The van der Waals surface area contributed by atoms with Gasteiger partial charge in [0.25, 0.3) is 0 Å². The zero-order valence-corrected chi connectivity index (χ0v) is 8.03. The summed E-state index contributed by atoms with van der Waals surface area (Å²) in [5.41, 5.74) is 6.62. The minimum atomic E-state index is 0. The number of aromatic hydroxyl groups is 1. The van der Waals surface area contributed by atoms with E-state index in [2.05, 4.69) is 0 Å². The summed E-state index contributed by atoms with van der Waals surface area (Å²) < 4.78 is 0. The summed E-state index contributed by atoms with van der Waals surface area (Å²) in [5.74, 6) is 0.282. The second kappa shape index (κ2) is 4.36. The van der Waals surface area contributed by atoms with E-state index in [9.17, 15) is 0 Å². The van der Waals surface area contributed by atoms with Crippen molar-refractivity contribution in [3.63, 3.8) is 0 Å². The third-order valence-corrected chi connectivity index (χ3v) is 1.42. The lowest BCUT2D eigenvalue weighted by Gasteiger charge is -2.03. The van der Waals surface area contributed by atoms with Gasteiger partial charge < -0.3 is 10.8 Å². The van der Waals surface area contributed by atoms with Crippen molar-refractivity contribution in [2.24, 2.45) is 5.73 Å². The molecule has 3 N–H and O–H groups in total. The summed E-state index contributed by atoms with van der Waals surface area (Å²) in [6.07, 6.45) is 0. The topological polar surface area (TPSA) is 46.2 Å². The van der Waals surface area contributed by atoms with Crippen molar-refractivity contribution >= 4 is 17.0 Å². The van der Waals surface area contributed by atoms with Crippen molar-refractivity contribution < 1.29 is 5.11 Å². The molecule has 0 aliphatic carbocycles. The highest BCUT2D eigenvalue weighted by atomic mass is 79.9. The van der Waals surface area contributed by atoms with Gasteiger partial charge in [0.1, 0.15) is 5.75 Å². The molecule has 0 fully saturated rings. The van der Waals surface area contributed by atoms with Gasteiger partial charge in [0.15, 0.2) is 0 Å². The molecule has 0 saturated heterocycles. The van der Waals surface area contributed by atoms with Gasteiger partial charge in [0.05, 0.1) is 0 Å². The maximum atomic E-state index is 8.90. The summed E-state index contributed by atoms with van der Waals surface area (Å²) in [6, 6.07) is 6.96. The van der Waals surface area contributed by atoms with Gasteiger partial charge >= 0.3 is 0 Å². The Bertz CT molecular complexity index is 208. The van der Waals surface area contributed by atoms with Gasteiger partial charge in [-0.3, -0.25) is 0 Å². The highest BCUT2D eigenvalue weighted by Gasteiger charge is 1.96. The maximum Gasteiger partial charge on any atom is 0.115 e. The fourth-order valence-corrected chi connectivity index (χ4v) is 0.778. The summed E-state index contributed by atoms with van der Waals surface area (Å²) in [6.45, 7) is 1.91. The number of phenolic OH excluding ortho intramolecular Hbond substituents is 1. The highest BCUT2D eigenvalue weighted by Crippen LogP contribution is 2.13. The van der Waals surface area contributed by atoms with E-state index in [-0.39, 0.29) is 28.8 Å². The Hall–Kier alpha value is -0.540. The predicted octanol–water partition coefficient (Wildman–Crippen LogP) is 1.99. The van der Waals surface area contributed by atoms with Crippen molar-refractivity contribution in [1.82, 2.24) is 0 Å². The molecule has 1 atom stereocenters. The standard InChI is InChI=1S/C8H11NO.BrH/c1-6(9)7-2-4-8(10)5-3-7;/h2-6,10H,9H2,1H3;1H/t6-;/m1./s1. The van der Waals surface area contributed by atoms with Crippen molar-refractivity contribution in [2.75, 3.05) is 0 Å². The molecule has 0 saturated carbocycles. The van der Waals surface area contributed by atoms with Crippen LogP contribution in [0.4, 0.5) is 0 Å². The zero-order valence-electron chi connectivity index (χ0n) is 6.32. The molecule has 0 spiro atoms. The molecule has 0 heterocycles. The van der Waals surface area contributed by atoms with Gasteiger partial charge in [-0.15, -0.1) is 17.0 Å². The Morgan fingerprint density at radius 1 is 1.27 bits per heavy atom. The molecule has 1 aromatic rings. The Labute approximate surface area is 76.8 Å². The van der Waals surface area contributed by atoms with Crippen LogP contribution in [0.15, 0.2) is 24.3 Å². The lowest BCUT2D eigenvalue weighted by molar-refractivity contribution is 0.475. The molecule has 1 aromatic carbocycles. The maximum absolute atomic E-state index is 8.90. The van der Waals surface area contributed by atoms with Crippen LogP contribution in [-0.4, -0.2) is 5.11 Å². The molecule has 0 aliphatic heterocycles. The van der Waals surface area contributed by atoms with Crippen LogP contribution < -0.4 is 5.73 Å². The van der Waals surface area contributed by atoms with Gasteiger partial charge in [-0.05, 0) is 24.6 Å². The molecule has 3 heteroatoms. The van der Waals surface area contributed by atoms with Crippen LogP contribution in [0.1, 0.15) is 18.5 Å². The fourth-order valence-electron chi connectivity index (χ4n) is 0.778. The van der Waals surface area contributed by atoms with Gasteiger partial charge in [-0.25, -0.2) is 0 Å². The van der Waals surface area contributed by atoms with Crippen molar-refractivity contribution in [3.8, 4) is 5.75 Å². The third-order valence-electron chi connectivity index (χ3n) is 1.42. The van der Waals surface area contributed by atoms with Crippen molar-refractivity contribution in [1.29, 1.82) is 0 Å². The van der Waals surface area contributed by atoms with Crippen LogP contribution in [-0.2, 0) is 0 Å². The average Bonchev–Trinajstić information content (AvgIpc) is 1.88. The molecule has 0 aromatic heterocycles. The summed E-state index contributed by atoms with van der Waals surface area (Å²) in [5, 5.41) is 8.90. The smallest absolute Gasteiger partial charge is 0.115 e. The quantitative estimate of drug-likeness (QED) is 0.757. The molecule has 62 valence electrons. The Balaban J connectivity index is 0.000001000. The number of benzene rings is 1. The highest BCUT2D eigenvalue weighted by molar-refractivity contribution is 8.93. The van der Waals surface area contributed by atoms with E-state index in [4.69, 9.17) is 10.8 Å². The predicted molar refractivity (Wildman–Crippen MR) is 51.0 cm³/mol. The molecule has 0 bridgehead atoms. The lowest BCUT2D eigenvalue weighted by atomic mass is 10.1. The van der Waals surface area contributed by atoms with Gasteiger partial charge in [0.2, 0.25) is 0 Å². The number of hydrogen-bond acceptors (Lipinski definition) is 2. The first-order valence-corrected chi connectivity index (χ1v) is 3.24. The SMILES string of the molecule is Br.C[C@@H](N)c1ccc(O)cc1. The Morgan fingerprint density at radius 3 is 2.09 bits per heavy atom. The van der Waals surface area contributed by atoms with Crippen LogP contribution in [0.25, 0.3) is 0 Å². The fraction of sp³-hybridized carbons (Fsp3) is 0.250. The van der Waals surface area contributed by atoms with E-state index in [1.807, 2.05) is 19.1 Å². The molecule has 0 radical (unpaired) electrons. The number of hydrogen-bond donors (Lipinski definition) is 2. The van der Waals surface area contributed by atoms with Gasteiger partial charge in [0, 0.05) is 6.04 Å². The molecule has 0 aliphatic rings. The monoisotopic (exact) mass is 217 g/mol. The summed E-state index contributed by atoms with van der Waals surface area (Å²) >= 11 is 0. The molecule has 0 unspecified atom stereocenters. The summed E-state index contributed by atoms with van der Waals surface area (Å²) in [7, 11) is 0. The first-order valence-electron chi connectivity index (χ1n) is 3.24. The average molecular weight is 218 g/mol. The number of phenols is 1.